The van der Waals surface area contributed by atoms with Crippen LogP contribution >= 0.6 is 0 Å². The van der Waals surface area contributed by atoms with Crippen molar-refractivity contribution in [1.29, 1.82) is 0 Å². The van der Waals surface area contributed by atoms with Gasteiger partial charge in [0.1, 0.15) is 0 Å². The first-order chi connectivity index (χ1) is 7.20. The van der Waals surface area contributed by atoms with E-state index in [1.807, 2.05) is 12.1 Å². The number of nitrogens with zero attached hydrogens (tertiary/aromatic N) is 1. The summed E-state index contributed by atoms with van der Waals surface area (Å²) < 4.78 is 0. The molecule has 0 unspecified atom stereocenters. The summed E-state index contributed by atoms with van der Waals surface area (Å²) in [6.07, 6.45) is 0.788. The van der Waals surface area contributed by atoms with Crippen molar-refractivity contribution in [2.75, 3.05) is 13.6 Å². The molecule has 1 aromatic rings. The third-order valence-electron chi connectivity index (χ3n) is 2.69. The molecule has 1 heterocycles. The quantitative estimate of drug-likeness (QED) is 0.714. The zero-order valence-corrected chi connectivity index (χ0v) is 8.66. The van der Waals surface area contributed by atoms with Crippen LogP contribution in [0.1, 0.15) is 21.5 Å². The van der Waals surface area contributed by atoms with Gasteiger partial charge in [-0.1, -0.05) is 6.07 Å². The minimum atomic E-state index is -0.0655. The van der Waals surface area contributed by atoms with Crippen molar-refractivity contribution >= 4 is 5.91 Å². The number of benzene rings is 1. The number of hydroxylamine groups is 2. The molecule has 0 radical (unpaired) electrons. The Balaban J connectivity index is 2.30. The van der Waals surface area contributed by atoms with Gasteiger partial charge in [-0.05, 0) is 29.7 Å². The van der Waals surface area contributed by atoms with Crippen LogP contribution in [0, 0.1) is 0 Å². The average Bonchev–Trinajstić information content (AvgIpc) is 2.27. The van der Waals surface area contributed by atoms with Gasteiger partial charge < -0.3 is 10.5 Å². The van der Waals surface area contributed by atoms with E-state index in [0.29, 0.717) is 18.7 Å². The van der Waals surface area contributed by atoms with Crippen molar-refractivity contribution in [3.05, 3.63) is 34.9 Å². The molecule has 0 aromatic heterocycles. The Morgan fingerprint density at radius 2 is 2.27 bits per heavy atom. The minimum absolute atomic E-state index is 0.0655. The lowest BCUT2D eigenvalue weighted by atomic mass is 9.98. The van der Waals surface area contributed by atoms with Gasteiger partial charge in [0.25, 0.3) is 5.91 Å². The Labute approximate surface area is 88.5 Å². The highest BCUT2D eigenvalue weighted by Crippen LogP contribution is 2.19. The zero-order valence-electron chi connectivity index (χ0n) is 8.66. The van der Waals surface area contributed by atoms with Crippen LogP contribution in [0.5, 0.6) is 0 Å². The van der Waals surface area contributed by atoms with Crippen LogP contribution in [-0.2, 0) is 13.0 Å². The minimum Gasteiger partial charge on any atom is -0.355 e. The summed E-state index contributed by atoms with van der Waals surface area (Å²) in [5.41, 5.74) is 2.93. The highest BCUT2D eigenvalue weighted by Gasteiger charge is 2.15. The number of fused-ring (bicyclic) bond motifs is 1. The summed E-state index contributed by atoms with van der Waals surface area (Å²) in [4.78, 5) is 11.4. The van der Waals surface area contributed by atoms with Crippen molar-refractivity contribution in [2.24, 2.45) is 0 Å². The molecule has 0 bridgehead atoms. The highest BCUT2D eigenvalue weighted by atomic mass is 16.5. The van der Waals surface area contributed by atoms with Crippen LogP contribution in [0.4, 0.5) is 0 Å². The third kappa shape index (κ3) is 2.00. The summed E-state index contributed by atoms with van der Waals surface area (Å²) in [6.45, 7) is 1.17. The summed E-state index contributed by atoms with van der Waals surface area (Å²) in [7, 11) is 1.62. The van der Waals surface area contributed by atoms with Gasteiger partial charge in [0.05, 0.1) is 0 Å². The molecule has 0 saturated carbocycles. The topological polar surface area (TPSA) is 52.6 Å². The fraction of sp³-hybridized carbons (Fsp3) is 0.364. The monoisotopic (exact) mass is 206 g/mol. The van der Waals surface area contributed by atoms with E-state index < -0.39 is 0 Å². The number of carbonyl (C=O) groups excluding carboxylic acids is 1. The van der Waals surface area contributed by atoms with Gasteiger partial charge in [0, 0.05) is 25.7 Å². The van der Waals surface area contributed by atoms with Gasteiger partial charge in [0.2, 0.25) is 0 Å². The standard InChI is InChI=1S/C11H14N2O2/c1-12-11(14)9-2-3-10-7-13(15)5-4-8(10)6-9/h2-3,6,15H,4-5,7H2,1H3,(H,12,14). The Bertz CT molecular complexity index is 390. The van der Waals surface area contributed by atoms with Crippen molar-refractivity contribution < 1.29 is 10.0 Å². The maximum absolute atomic E-state index is 11.4. The van der Waals surface area contributed by atoms with Crippen LogP contribution in [0.2, 0.25) is 0 Å². The fourth-order valence-corrected chi connectivity index (χ4v) is 1.82. The summed E-state index contributed by atoms with van der Waals surface area (Å²) in [6, 6.07) is 5.60. The lowest BCUT2D eigenvalue weighted by Crippen LogP contribution is -2.27. The molecule has 1 amide bonds. The molecule has 0 atom stereocenters. The Morgan fingerprint density at radius 1 is 1.47 bits per heavy atom. The number of hydrogen-bond donors (Lipinski definition) is 2. The van der Waals surface area contributed by atoms with Gasteiger partial charge in [-0.2, -0.15) is 5.06 Å². The number of nitrogens with one attached hydrogen (secondary N) is 1. The average molecular weight is 206 g/mol. The largest absolute Gasteiger partial charge is 0.355 e. The van der Waals surface area contributed by atoms with Crippen molar-refractivity contribution in [1.82, 2.24) is 10.4 Å². The molecule has 0 saturated heterocycles. The molecule has 1 aromatic carbocycles. The van der Waals surface area contributed by atoms with E-state index in [9.17, 15) is 10.0 Å². The van der Waals surface area contributed by atoms with E-state index in [-0.39, 0.29) is 5.91 Å². The van der Waals surface area contributed by atoms with Crippen LogP contribution in [-0.4, -0.2) is 29.8 Å². The second kappa shape index (κ2) is 4.00. The molecule has 0 aliphatic carbocycles. The molecule has 4 nitrogen and oxygen atoms in total. The molecule has 1 aliphatic rings. The Morgan fingerprint density at radius 3 is 3.00 bits per heavy atom. The third-order valence-corrected chi connectivity index (χ3v) is 2.69. The van der Waals surface area contributed by atoms with E-state index in [4.69, 9.17) is 0 Å². The van der Waals surface area contributed by atoms with Crippen LogP contribution < -0.4 is 5.32 Å². The van der Waals surface area contributed by atoms with E-state index in [2.05, 4.69) is 5.32 Å². The molecule has 15 heavy (non-hydrogen) atoms. The van der Waals surface area contributed by atoms with Crippen LogP contribution in [0.15, 0.2) is 18.2 Å². The zero-order chi connectivity index (χ0) is 10.8. The van der Waals surface area contributed by atoms with E-state index in [1.54, 1.807) is 13.1 Å². The first kappa shape index (κ1) is 10.1. The molecule has 4 heteroatoms. The van der Waals surface area contributed by atoms with Crippen molar-refractivity contribution in [3.8, 4) is 0 Å². The van der Waals surface area contributed by atoms with Gasteiger partial charge in [-0.25, -0.2) is 0 Å². The molecule has 1 aliphatic heterocycles. The van der Waals surface area contributed by atoms with Gasteiger partial charge in [-0.3, -0.25) is 4.79 Å². The molecule has 0 fully saturated rings. The van der Waals surface area contributed by atoms with Gasteiger partial charge in [0.15, 0.2) is 0 Å². The number of hydrogen-bond acceptors (Lipinski definition) is 3. The van der Waals surface area contributed by atoms with E-state index in [0.717, 1.165) is 17.5 Å². The lowest BCUT2D eigenvalue weighted by Gasteiger charge is -2.23. The smallest absolute Gasteiger partial charge is 0.251 e. The first-order valence-corrected chi connectivity index (χ1v) is 4.98. The number of rotatable bonds is 1. The van der Waals surface area contributed by atoms with Gasteiger partial charge >= 0.3 is 0 Å². The number of amides is 1. The predicted octanol–water partition coefficient (Wildman–Crippen LogP) is 0.793. The van der Waals surface area contributed by atoms with Crippen molar-refractivity contribution in [2.45, 2.75) is 13.0 Å². The lowest BCUT2D eigenvalue weighted by molar-refractivity contribution is -0.103. The Kier molecular flexibility index (Phi) is 2.70. The van der Waals surface area contributed by atoms with Crippen LogP contribution in [0.25, 0.3) is 0 Å². The highest BCUT2D eigenvalue weighted by molar-refractivity contribution is 5.94. The fourth-order valence-electron chi connectivity index (χ4n) is 1.82. The summed E-state index contributed by atoms with van der Waals surface area (Å²) >= 11 is 0. The van der Waals surface area contributed by atoms with E-state index >= 15 is 0 Å². The molecule has 0 spiro atoms. The maximum atomic E-state index is 11.4. The molecular weight excluding hydrogens is 192 g/mol. The SMILES string of the molecule is CNC(=O)c1ccc2c(c1)CCN(O)C2. The van der Waals surface area contributed by atoms with Gasteiger partial charge in [-0.15, -0.1) is 0 Å². The molecule has 2 rings (SSSR count). The first-order valence-electron chi connectivity index (χ1n) is 4.98. The second-order valence-electron chi connectivity index (χ2n) is 3.70. The van der Waals surface area contributed by atoms with Crippen molar-refractivity contribution in [3.63, 3.8) is 0 Å². The summed E-state index contributed by atoms with van der Waals surface area (Å²) in [5.74, 6) is -0.0655. The molecule has 2 N–H and O–H groups in total. The maximum Gasteiger partial charge on any atom is 0.251 e. The Hall–Kier alpha value is -1.39. The predicted molar refractivity (Wildman–Crippen MR) is 55.7 cm³/mol. The second-order valence-corrected chi connectivity index (χ2v) is 3.70. The molecule has 80 valence electrons. The van der Waals surface area contributed by atoms with Crippen LogP contribution in [0.3, 0.4) is 0 Å². The summed E-state index contributed by atoms with van der Waals surface area (Å²) in [5, 5.41) is 13.2. The normalized spacial score (nSPS) is 15.9. The van der Waals surface area contributed by atoms with E-state index in [1.165, 1.54) is 5.06 Å². The molecular formula is C11H14N2O2. The number of carbonyl (C=O) groups is 1.